The molecular formula is C17H21N. The number of nitrogens with two attached hydrogens (primary N) is 1. The molecule has 2 aromatic carbocycles. The molecule has 0 aliphatic heterocycles. The van der Waals surface area contributed by atoms with Crippen LogP contribution < -0.4 is 5.73 Å². The Morgan fingerprint density at radius 1 is 0.944 bits per heavy atom. The van der Waals surface area contributed by atoms with Crippen LogP contribution in [0.1, 0.15) is 38.7 Å². The van der Waals surface area contributed by atoms with Crippen molar-refractivity contribution in [2.75, 3.05) is 0 Å². The van der Waals surface area contributed by atoms with Crippen LogP contribution in [0.25, 0.3) is 10.8 Å². The van der Waals surface area contributed by atoms with Crippen LogP contribution in [0.2, 0.25) is 0 Å². The van der Waals surface area contributed by atoms with Crippen molar-refractivity contribution in [3.63, 3.8) is 0 Å². The van der Waals surface area contributed by atoms with Gasteiger partial charge in [-0.25, -0.2) is 0 Å². The summed E-state index contributed by atoms with van der Waals surface area (Å²) in [7, 11) is 0. The summed E-state index contributed by atoms with van der Waals surface area (Å²) >= 11 is 0. The maximum atomic E-state index is 6.65. The Morgan fingerprint density at radius 2 is 1.67 bits per heavy atom. The van der Waals surface area contributed by atoms with Crippen LogP contribution in [0, 0.1) is 5.41 Å². The van der Waals surface area contributed by atoms with Gasteiger partial charge in [-0.2, -0.15) is 0 Å². The smallest absolute Gasteiger partial charge is 0.0415 e. The minimum absolute atomic E-state index is 0.131. The molecule has 1 fully saturated rings. The lowest BCUT2D eigenvalue weighted by Gasteiger charge is -2.27. The van der Waals surface area contributed by atoms with Crippen LogP contribution in [0.15, 0.2) is 42.5 Å². The fraction of sp³-hybridized carbons (Fsp3) is 0.412. The van der Waals surface area contributed by atoms with Crippen molar-refractivity contribution in [1.29, 1.82) is 0 Å². The van der Waals surface area contributed by atoms with Gasteiger partial charge in [0.2, 0.25) is 0 Å². The van der Waals surface area contributed by atoms with Gasteiger partial charge in [-0.1, -0.05) is 50.2 Å². The predicted molar refractivity (Wildman–Crippen MR) is 77.4 cm³/mol. The zero-order valence-electron chi connectivity index (χ0n) is 11.2. The third-order valence-corrected chi connectivity index (χ3v) is 4.37. The number of hydrogen-bond donors (Lipinski definition) is 1. The summed E-state index contributed by atoms with van der Waals surface area (Å²) in [5.41, 5.74) is 8.19. The number of hydrogen-bond acceptors (Lipinski definition) is 1. The largest absolute Gasteiger partial charge is 0.321 e. The summed E-state index contributed by atoms with van der Waals surface area (Å²) in [5, 5.41) is 2.59. The Balaban J connectivity index is 2.04. The molecule has 94 valence electrons. The highest BCUT2D eigenvalue weighted by Crippen LogP contribution is 2.47. The van der Waals surface area contributed by atoms with Crippen LogP contribution in [0.4, 0.5) is 0 Å². The molecule has 0 bridgehead atoms. The second kappa shape index (κ2) is 3.83. The molecule has 18 heavy (non-hydrogen) atoms. The maximum Gasteiger partial charge on any atom is 0.0415 e. The average Bonchev–Trinajstić information content (AvgIpc) is 2.64. The van der Waals surface area contributed by atoms with Gasteiger partial charge in [-0.15, -0.1) is 0 Å². The van der Waals surface area contributed by atoms with Crippen LogP contribution in [-0.2, 0) is 5.54 Å². The minimum atomic E-state index is -0.131. The first kappa shape index (κ1) is 11.7. The third kappa shape index (κ3) is 1.93. The Bertz CT molecular complexity index is 585. The van der Waals surface area contributed by atoms with Crippen molar-refractivity contribution in [3.05, 3.63) is 48.0 Å². The van der Waals surface area contributed by atoms with Crippen molar-refractivity contribution in [2.24, 2.45) is 11.1 Å². The van der Waals surface area contributed by atoms with Crippen LogP contribution >= 0.6 is 0 Å². The molecule has 0 amide bonds. The molecule has 0 spiro atoms. The molecule has 1 aliphatic rings. The molecule has 3 rings (SSSR count). The van der Waals surface area contributed by atoms with Crippen molar-refractivity contribution in [3.8, 4) is 0 Å². The van der Waals surface area contributed by atoms with E-state index in [4.69, 9.17) is 5.73 Å². The van der Waals surface area contributed by atoms with E-state index in [2.05, 4.69) is 56.3 Å². The first-order valence-electron chi connectivity index (χ1n) is 6.77. The zero-order chi connectivity index (χ0) is 12.8. The van der Waals surface area contributed by atoms with Crippen molar-refractivity contribution in [1.82, 2.24) is 0 Å². The molecule has 1 saturated carbocycles. The van der Waals surface area contributed by atoms with Crippen LogP contribution in [0.5, 0.6) is 0 Å². The standard InChI is InChI=1S/C17H21N/c1-16(2)9-10-17(18,12-16)15-8-7-13-5-3-4-6-14(13)11-15/h3-8,11H,9-10,12,18H2,1-2H3. The fourth-order valence-corrected chi connectivity index (χ4v) is 3.34. The summed E-state index contributed by atoms with van der Waals surface area (Å²) < 4.78 is 0. The molecular weight excluding hydrogens is 218 g/mol. The van der Waals surface area contributed by atoms with Gasteiger partial charge in [0.25, 0.3) is 0 Å². The molecule has 1 atom stereocenters. The van der Waals surface area contributed by atoms with E-state index in [1.807, 2.05) is 0 Å². The van der Waals surface area contributed by atoms with E-state index in [0.717, 1.165) is 12.8 Å². The van der Waals surface area contributed by atoms with Crippen LogP contribution in [0.3, 0.4) is 0 Å². The quantitative estimate of drug-likeness (QED) is 0.793. The number of benzene rings is 2. The summed E-state index contributed by atoms with van der Waals surface area (Å²) in [6.07, 6.45) is 3.40. The lowest BCUT2D eigenvalue weighted by atomic mass is 9.83. The molecule has 0 saturated heterocycles. The number of fused-ring (bicyclic) bond motifs is 1. The van der Waals surface area contributed by atoms with E-state index in [1.54, 1.807) is 0 Å². The highest BCUT2D eigenvalue weighted by molar-refractivity contribution is 5.83. The van der Waals surface area contributed by atoms with Gasteiger partial charge < -0.3 is 5.73 Å². The molecule has 2 N–H and O–H groups in total. The molecule has 0 heterocycles. The Labute approximate surface area is 109 Å². The van der Waals surface area contributed by atoms with Gasteiger partial charge in [-0.05, 0) is 47.1 Å². The Kier molecular flexibility index (Phi) is 2.49. The Morgan fingerprint density at radius 3 is 2.33 bits per heavy atom. The SMILES string of the molecule is CC1(C)CCC(N)(c2ccc3ccccc3c2)C1. The molecule has 0 aromatic heterocycles. The lowest BCUT2D eigenvalue weighted by molar-refractivity contribution is 0.340. The van der Waals surface area contributed by atoms with Gasteiger partial charge in [0.1, 0.15) is 0 Å². The summed E-state index contributed by atoms with van der Waals surface area (Å²) in [6, 6.07) is 15.2. The zero-order valence-corrected chi connectivity index (χ0v) is 11.2. The van der Waals surface area contributed by atoms with E-state index in [9.17, 15) is 0 Å². The second-order valence-electron chi connectivity index (χ2n) is 6.56. The lowest BCUT2D eigenvalue weighted by Crippen LogP contribution is -2.34. The van der Waals surface area contributed by atoms with Gasteiger partial charge in [0.15, 0.2) is 0 Å². The van der Waals surface area contributed by atoms with Crippen molar-refractivity contribution >= 4 is 10.8 Å². The summed E-state index contributed by atoms with van der Waals surface area (Å²) in [6.45, 7) is 4.64. The van der Waals surface area contributed by atoms with E-state index in [1.165, 1.54) is 22.8 Å². The molecule has 0 radical (unpaired) electrons. The van der Waals surface area contributed by atoms with Gasteiger partial charge >= 0.3 is 0 Å². The topological polar surface area (TPSA) is 26.0 Å². The van der Waals surface area contributed by atoms with E-state index < -0.39 is 0 Å². The predicted octanol–water partition coefficient (Wildman–Crippen LogP) is 4.20. The average molecular weight is 239 g/mol. The molecule has 1 heteroatoms. The molecule has 1 aliphatic carbocycles. The first-order valence-corrected chi connectivity index (χ1v) is 6.77. The summed E-state index contributed by atoms with van der Waals surface area (Å²) in [4.78, 5) is 0. The third-order valence-electron chi connectivity index (χ3n) is 4.37. The Hall–Kier alpha value is -1.34. The first-order chi connectivity index (χ1) is 8.49. The van der Waals surface area contributed by atoms with E-state index in [0.29, 0.717) is 5.41 Å². The van der Waals surface area contributed by atoms with Crippen LogP contribution in [-0.4, -0.2) is 0 Å². The fourth-order valence-electron chi connectivity index (χ4n) is 3.34. The highest BCUT2D eigenvalue weighted by atomic mass is 14.8. The second-order valence-corrected chi connectivity index (χ2v) is 6.56. The maximum absolute atomic E-state index is 6.65. The highest BCUT2D eigenvalue weighted by Gasteiger charge is 2.41. The molecule has 1 nitrogen and oxygen atoms in total. The van der Waals surface area contributed by atoms with Gasteiger partial charge in [0, 0.05) is 5.54 Å². The normalized spacial score (nSPS) is 26.6. The van der Waals surface area contributed by atoms with E-state index in [-0.39, 0.29) is 5.54 Å². The number of rotatable bonds is 1. The van der Waals surface area contributed by atoms with E-state index >= 15 is 0 Å². The minimum Gasteiger partial charge on any atom is -0.321 e. The van der Waals surface area contributed by atoms with Crippen molar-refractivity contribution in [2.45, 2.75) is 38.6 Å². The molecule has 2 aromatic rings. The van der Waals surface area contributed by atoms with Crippen molar-refractivity contribution < 1.29 is 0 Å². The molecule has 1 unspecified atom stereocenters. The summed E-state index contributed by atoms with van der Waals surface area (Å²) in [5.74, 6) is 0. The van der Waals surface area contributed by atoms with Gasteiger partial charge in [0.05, 0.1) is 0 Å². The van der Waals surface area contributed by atoms with Gasteiger partial charge in [-0.3, -0.25) is 0 Å². The monoisotopic (exact) mass is 239 g/mol.